The number of hydrogen-bond acceptors (Lipinski definition) is 6. The average molecular weight is 481 g/mol. The smallest absolute Gasteiger partial charge is 0.159 e. The maximum absolute atomic E-state index is 13.9. The Morgan fingerprint density at radius 3 is 2.83 bits per heavy atom. The van der Waals surface area contributed by atoms with E-state index in [0.717, 1.165) is 33.3 Å². The van der Waals surface area contributed by atoms with Crippen molar-refractivity contribution in [1.29, 1.82) is 0 Å². The SMILES string of the molecule is C=N/C=C(\C=C(/C)c1cnc2[nH]nc(-c3nc4c(-c5cccc(F)c5)cncc4[nH]3)c2c1)NC(C)C. The third kappa shape index (κ3) is 4.50. The molecule has 0 bridgehead atoms. The molecular weight excluding hydrogens is 455 g/mol. The van der Waals surface area contributed by atoms with Gasteiger partial charge >= 0.3 is 0 Å². The predicted octanol–water partition coefficient (Wildman–Crippen LogP) is 5.65. The first-order valence-electron chi connectivity index (χ1n) is 11.5. The number of aromatic amines is 2. The fourth-order valence-electron chi connectivity index (χ4n) is 4.08. The van der Waals surface area contributed by atoms with Gasteiger partial charge in [-0.05, 0) is 68.5 Å². The van der Waals surface area contributed by atoms with E-state index < -0.39 is 0 Å². The first-order valence-corrected chi connectivity index (χ1v) is 11.5. The van der Waals surface area contributed by atoms with E-state index in [0.29, 0.717) is 28.2 Å². The van der Waals surface area contributed by atoms with Crippen molar-refractivity contribution in [1.82, 2.24) is 35.5 Å². The topological polar surface area (TPSA) is 108 Å². The summed E-state index contributed by atoms with van der Waals surface area (Å²) in [7, 11) is 0. The van der Waals surface area contributed by atoms with E-state index in [-0.39, 0.29) is 11.9 Å². The largest absolute Gasteiger partial charge is 0.382 e. The number of H-pyrrole nitrogens is 2. The zero-order chi connectivity index (χ0) is 25.2. The lowest BCUT2D eigenvalue weighted by Crippen LogP contribution is -2.20. The molecule has 3 N–H and O–H groups in total. The van der Waals surface area contributed by atoms with Gasteiger partial charge in [0.05, 0.1) is 28.3 Å². The van der Waals surface area contributed by atoms with Crippen LogP contribution in [-0.2, 0) is 0 Å². The minimum Gasteiger partial charge on any atom is -0.382 e. The van der Waals surface area contributed by atoms with Crippen molar-refractivity contribution in [2.45, 2.75) is 26.8 Å². The lowest BCUT2D eigenvalue weighted by Gasteiger charge is -2.11. The molecule has 1 aromatic carbocycles. The number of allylic oxidation sites excluding steroid dienone is 2. The molecule has 180 valence electrons. The second kappa shape index (κ2) is 9.53. The van der Waals surface area contributed by atoms with Gasteiger partial charge in [-0.2, -0.15) is 5.10 Å². The van der Waals surface area contributed by atoms with Crippen LogP contribution in [0.4, 0.5) is 4.39 Å². The minimum atomic E-state index is -0.314. The van der Waals surface area contributed by atoms with Gasteiger partial charge < -0.3 is 10.3 Å². The molecule has 5 aromatic rings. The molecule has 0 aliphatic rings. The molecule has 0 amide bonds. The monoisotopic (exact) mass is 480 g/mol. The molecule has 9 heteroatoms. The van der Waals surface area contributed by atoms with Crippen molar-refractivity contribution >= 4 is 34.4 Å². The highest BCUT2D eigenvalue weighted by Crippen LogP contribution is 2.31. The number of aliphatic imine (C=N–C) groups is 1. The summed E-state index contributed by atoms with van der Waals surface area (Å²) in [6.07, 6.45) is 8.89. The van der Waals surface area contributed by atoms with Crippen LogP contribution in [0.15, 0.2) is 71.9 Å². The number of pyridine rings is 2. The summed E-state index contributed by atoms with van der Waals surface area (Å²) < 4.78 is 13.9. The number of halogens is 1. The molecule has 4 aromatic heterocycles. The Hall–Kier alpha value is -4.66. The third-order valence-corrected chi connectivity index (χ3v) is 5.68. The van der Waals surface area contributed by atoms with Crippen molar-refractivity contribution in [3.63, 3.8) is 0 Å². The van der Waals surface area contributed by atoms with Gasteiger partial charge in [0.25, 0.3) is 0 Å². The second-order valence-corrected chi connectivity index (χ2v) is 8.76. The van der Waals surface area contributed by atoms with E-state index >= 15 is 0 Å². The van der Waals surface area contributed by atoms with E-state index in [1.807, 2.05) is 25.1 Å². The predicted molar refractivity (Wildman–Crippen MR) is 142 cm³/mol. The molecule has 0 saturated heterocycles. The van der Waals surface area contributed by atoms with E-state index in [4.69, 9.17) is 4.98 Å². The Labute approximate surface area is 207 Å². The fourth-order valence-corrected chi connectivity index (χ4v) is 4.08. The lowest BCUT2D eigenvalue weighted by molar-refractivity contribution is 0.628. The number of imidazole rings is 1. The van der Waals surface area contributed by atoms with Crippen LogP contribution >= 0.6 is 0 Å². The number of nitrogens with one attached hydrogen (secondary N) is 3. The molecule has 8 nitrogen and oxygen atoms in total. The molecule has 0 saturated carbocycles. The molecule has 0 radical (unpaired) electrons. The van der Waals surface area contributed by atoms with E-state index in [2.05, 4.69) is 56.0 Å². The van der Waals surface area contributed by atoms with Crippen LogP contribution in [0.5, 0.6) is 0 Å². The van der Waals surface area contributed by atoms with Gasteiger partial charge in [0.2, 0.25) is 0 Å². The number of aromatic nitrogens is 6. The van der Waals surface area contributed by atoms with Gasteiger partial charge in [-0.3, -0.25) is 15.1 Å². The Morgan fingerprint density at radius 1 is 1.19 bits per heavy atom. The number of fused-ring (bicyclic) bond motifs is 2. The highest BCUT2D eigenvalue weighted by molar-refractivity contribution is 5.96. The average Bonchev–Trinajstić information content (AvgIpc) is 3.47. The molecular formula is C27H25FN8. The first-order chi connectivity index (χ1) is 17.4. The molecule has 0 fully saturated rings. The highest BCUT2D eigenvalue weighted by atomic mass is 19.1. The summed E-state index contributed by atoms with van der Waals surface area (Å²) in [4.78, 5) is 20.9. The zero-order valence-electron chi connectivity index (χ0n) is 20.2. The first kappa shape index (κ1) is 23.1. The Bertz CT molecular complexity index is 1640. The highest BCUT2D eigenvalue weighted by Gasteiger charge is 2.17. The van der Waals surface area contributed by atoms with Crippen LogP contribution in [0.3, 0.4) is 0 Å². The Kier molecular flexibility index (Phi) is 6.12. The van der Waals surface area contributed by atoms with Crippen LogP contribution in [0.2, 0.25) is 0 Å². The maximum Gasteiger partial charge on any atom is 0.159 e. The van der Waals surface area contributed by atoms with Crippen molar-refractivity contribution in [3.05, 3.63) is 78.3 Å². The molecule has 4 heterocycles. The van der Waals surface area contributed by atoms with Crippen molar-refractivity contribution in [3.8, 4) is 22.6 Å². The lowest BCUT2D eigenvalue weighted by atomic mass is 10.1. The molecule has 0 unspecified atom stereocenters. The number of nitrogens with zero attached hydrogens (tertiary/aromatic N) is 5. The van der Waals surface area contributed by atoms with Crippen LogP contribution in [0.25, 0.3) is 50.3 Å². The molecule has 0 aliphatic carbocycles. The number of rotatable bonds is 7. The van der Waals surface area contributed by atoms with Gasteiger partial charge in [-0.15, -0.1) is 0 Å². The van der Waals surface area contributed by atoms with Crippen LogP contribution in [-0.4, -0.2) is 42.9 Å². The van der Waals surface area contributed by atoms with Crippen LogP contribution in [0.1, 0.15) is 26.3 Å². The summed E-state index contributed by atoms with van der Waals surface area (Å²) in [6, 6.07) is 8.67. The standard InChI is InChI=1S/C27H25FN8/c1-15(2)32-20(12-29-4)8-16(3)18-10-21-25(35-36-26(21)31-11-18)27-33-23-14-30-13-22(24(23)34-27)17-6-5-7-19(28)9-17/h5-15,32H,4H2,1-3H3,(H,33,34)(H,31,35,36)/b16-8+,20-12+. The summed E-state index contributed by atoms with van der Waals surface area (Å²) in [6.45, 7) is 9.70. The van der Waals surface area contributed by atoms with Crippen molar-refractivity contribution < 1.29 is 4.39 Å². The Morgan fingerprint density at radius 2 is 2.06 bits per heavy atom. The zero-order valence-corrected chi connectivity index (χ0v) is 20.2. The van der Waals surface area contributed by atoms with Gasteiger partial charge in [-0.25, -0.2) is 14.4 Å². The van der Waals surface area contributed by atoms with Crippen molar-refractivity contribution in [2.24, 2.45) is 4.99 Å². The van der Waals surface area contributed by atoms with E-state index in [1.165, 1.54) is 12.1 Å². The summed E-state index contributed by atoms with van der Waals surface area (Å²) in [5.74, 6) is 0.256. The fraction of sp³-hybridized carbons (Fsp3) is 0.148. The summed E-state index contributed by atoms with van der Waals surface area (Å²) in [5.41, 5.74) is 6.94. The number of hydrogen-bond donors (Lipinski definition) is 3. The maximum atomic E-state index is 13.9. The normalized spacial score (nSPS) is 12.6. The van der Waals surface area contributed by atoms with Crippen LogP contribution in [0, 0.1) is 5.82 Å². The summed E-state index contributed by atoms with van der Waals surface area (Å²) >= 11 is 0. The van der Waals surface area contributed by atoms with Crippen LogP contribution < -0.4 is 5.32 Å². The Balaban J connectivity index is 1.58. The summed E-state index contributed by atoms with van der Waals surface area (Å²) in [5, 5.41) is 11.6. The molecule has 0 spiro atoms. The van der Waals surface area contributed by atoms with Gasteiger partial charge in [0.1, 0.15) is 11.5 Å². The third-order valence-electron chi connectivity index (χ3n) is 5.68. The molecule has 0 aliphatic heterocycles. The molecule has 5 rings (SSSR count). The van der Waals surface area contributed by atoms with E-state index in [9.17, 15) is 4.39 Å². The van der Waals surface area contributed by atoms with E-state index in [1.54, 1.807) is 30.9 Å². The van der Waals surface area contributed by atoms with Gasteiger partial charge in [-0.1, -0.05) is 12.1 Å². The van der Waals surface area contributed by atoms with Gasteiger partial charge in [0, 0.05) is 30.2 Å². The second-order valence-electron chi connectivity index (χ2n) is 8.76. The molecule has 0 atom stereocenters. The number of benzene rings is 1. The van der Waals surface area contributed by atoms with Crippen molar-refractivity contribution in [2.75, 3.05) is 0 Å². The molecule has 36 heavy (non-hydrogen) atoms. The minimum absolute atomic E-state index is 0.253. The van der Waals surface area contributed by atoms with Gasteiger partial charge in [0.15, 0.2) is 11.5 Å². The quantitative estimate of drug-likeness (QED) is 0.206.